The first-order chi connectivity index (χ1) is 16.0. The smallest absolute Gasteiger partial charge is 0.273 e. The van der Waals surface area contributed by atoms with Gasteiger partial charge in [-0.2, -0.15) is 5.10 Å². The van der Waals surface area contributed by atoms with Crippen LogP contribution in [0, 0.1) is 17.2 Å². The predicted octanol–water partition coefficient (Wildman–Crippen LogP) is 3.10. The van der Waals surface area contributed by atoms with Gasteiger partial charge in [-0.3, -0.25) is 19.1 Å². The molecule has 3 rings (SSSR count). The van der Waals surface area contributed by atoms with Crippen LogP contribution in [0.15, 0.2) is 18.2 Å². The molecular weight excluding hydrogens is 437 g/mol. The minimum atomic E-state index is -0.830. The highest BCUT2D eigenvalue weighted by molar-refractivity contribution is 6.06. The lowest BCUT2D eigenvalue weighted by molar-refractivity contribution is -0.127. The van der Waals surface area contributed by atoms with Gasteiger partial charge in [0.05, 0.1) is 0 Å². The number of hydrogen-bond donors (Lipinski definition) is 2. The molecule has 9 heteroatoms. The molecule has 0 spiro atoms. The summed E-state index contributed by atoms with van der Waals surface area (Å²) in [5.74, 6) is -1.16. The number of halogens is 1. The third kappa shape index (κ3) is 5.74. The lowest BCUT2D eigenvalue weighted by Crippen LogP contribution is -2.54. The van der Waals surface area contributed by atoms with Crippen molar-refractivity contribution in [3.63, 3.8) is 0 Å². The highest BCUT2D eigenvalue weighted by Gasteiger charge is 2.35. The molecule has 1 saturated heterocycles. The number of carbonyl (C=O) groups is 3. The maximum Gasteiger partial charge on any atom is 0.273 e. The molecule has 1 aromatic heterocycles. The van der Waals surface area contributed by atoms with Crippen molar-refractivity contribution >= 4 is 28.6 Å². The maximum atomic E-state index is 14.6. The van der Waals surface area contributed by atoms with E-state index in [-0.39, 0.29) is 23.4 Å². The van der Waals surface area contributed by atoms with Gasteiger partial charge in [-0.1, -0.05) is 52.7 Å². The van der Waals surface area contributed by atoms with Crippen LogP contribution < -0.4 is 10.6 Å². The van der Waals surface area contributed by atoms with Crippen LogP contribution in [0.25, 0.3) is 10.9 Å². The number of aryl methyl sites for hydroxylation is 1. The molecule has 1 aromatic carbocycles. The number of aromatic nitrogens is 2. The SMILES string of the molecule is CCCCCn1nc(C(=O)NC(C(=O)NCC2CC(=O)N(C)C2)C(C)(C)C)c2cccc(F)c21. The molecule has 0 radical (unpaired) electrons. The fourth-order valence-electron chi connectivity index (χ4n) is 4.35. The number of nitrogens with one attached hydrogen (secondary N) is 2. The zero-order chi connectivity index (χ0) is 25.0. The first-order valence-electron chi connectivity index (χ1n) is 12.0. The van der Waals surface area contributed by atoms with Gasteiger partial charge < -0.3 is 15.5 Å². The van der Waals surface area contributed by atoms with Crippen molar-refractivity contribution in [2.24, 2.45) is 11.3 Å². The fraction of sp³-hybridized carbons (Fsp3) is 0.600. The largest absolute Gasteiger partial charge is 0.354 e. The van der Waals surface area contributed by atoms with Crippen molar-refractivity contribution in [3.05, 3.63) is 29.7 Å². The van der Waals surface area contributed by atoms with Crippen molar-refractivity contribution in [1.29, 1.82) is 0 Å². The standard InChI is InChI=1S/C25H36FN5O3/c1-6-7-8-12-31-21-17(10-9-11-18(21)26)20(29-31)23(33)28-22(25(2,3)4)24(34)27-14-16-13-19(32)30(5)15-16/h9-11,16,22H,6-8,12-15H2,1-5H3,(H,27,34)(H,28,33). The fourth-order valence-corrected chi connectivity index (χ4v) is 4.35. The maximum absolute atomic E-state index is 14.6. The van der Waals surface area contributed by atoms with E-state index in [2.05, 4.69) is 22.7 Å². The lowest BCUT2D eigenvalue weighted by Gasteiger charge is -2.30. The van der Waals surface area contributed by atoms with Gasteiger partial charge in [0.25, 0.3) is 5.91 Å². The number of unbranched alkanes of at least 4 members (excludes halogenated alkanes) is 2. The molecule has 0 bridgehead atoms. The summed E-state index contributed by atoms with van der Waals surface area (Å²) in [6.45, 7) is 9.15. The Balaban J connectivity index is 1.78. The van der Waals surface area contributed by atoms with Gasteiger partial charge in [-0.15, -0.1) is 0 Å². The molecule has 1 fully saturated rings. The van der Waals surface area contributed by atoms with E-state index in [1.54, 1.807) is 28.8 Å². The minimum absolute atomic E-state index is 0.0449. The molecule has 2 N–H and O–H groups in total. The molecule has 186 valence electrons. The van der Waals surface area contributed by atoms with Crippen molar-refractivity contribution in [2.45, 2.75) is 66.0 Å². The normalized spacial score (nSPS) is 17.3. The van der Waals surface area contributed by atoms with E-state index < -0.39 is 23.2 Å². The first kappa shape index (κ1) is 25.6. The predicted molar refractivity (Wildman–Crippen MR) is 129 cm³/mol. The summed E-state index contributed by atoms with van der Waals surface area (Å²) in [5.41, 5.74) is -0.168. The van der Waals surface area contributed by atoms with E-state index in [0.29, 0.717) is 37.0 Å². The second kappa shape index (κ2) is 10.5. The van der Waals surface area contributed by atoms with Crippen LogP contribution in [0.3, 0.4) is 0 Å². The molecule has 1 aliphatic rings. The van der Waals surface area contributed by atoms with Crippen molar-refractivity contribution in [2.75, 3.05) is 20.1 Å². The Hall–Kier alpha value is -2.97. The van der Waals surface area contributed by atoms with Crippen LogP contribution >= 0.6 is 0 Å². The van der Waals surface area contributed by atoms with Crippen LogP contribution in [0.5, 0.6) is 0 Å². The Morgan fingerprint density at radius 1 is 1.26 bits per heavy atom. The van der Waals surface area contributed by atoms with E-state index in [0.717, 1.165) is 19.3 Å². The first-order valence-corrected chi connectivity index (χ1v) is 12.0. The van der Waals surface area contributed by atoms with Gasteiger partial charge >= 0.3 is 0 Å². The average Bonchev–Trinajstić information content (AvgIpc) is 3.30. The Morgan fingerprint density at radius 2 is 2.00 bits per heavy atom. The number of nitrogens with zero attached hydrogens (tertiary/aromatic N) is 3. The Bertz CT molecular complexity index is 1060. The van der Waals surface area contributed by atoms with Gasteiger partial charge in [-0.05, 0) is 17.9 Å². The average molecular weight is 474 g/mol. The summed E-state index contributed by atoms with van der Waals surface area (Å²) < 4.78 is 16.2. The number of para-hydroxylation sites is 1. The van der Waals surface area contributed by atoms with Crippen molar-refractivity contribution < 1.29 is 18.8 Å². The lowest BCUT2D eigenvalue weighted by atomic mass is 9.86. The van der Waals surface area contributed by atoms with Crippen molar-refractivity contribution in [3.8, 4) is 0 Å². The van der Waals surface area contributed by atoms with Gasteiger partial charge in [0.1, 0.15) is 17.4 Å². The van der Waals surface area contributed by atoms with E-state index in [1.165, 1.54) is 6.07 Å². The van der Waals surface area contributed by atoms with Gasteiger partial charge in [0.15, 0.2) is 5.69 Å². The number of likely N-dealkylation sites (tertiary alicyclic amines) is 1. The Kier molecular flexibility index (Phi) is 7.94. The molecule has 2 aromatic rings. The highest BCUT2D eigenvalue weighted by atomic mass is 19.1. The van der Waals surface area contributed by atoms with Crippen LogP contribution in [0.1, 0.15) is 63.9 Å². The van der Waals surface area contributed by atoms with Gasteiger partial charge in [-0.25, -0.2) is 4.39 Å². The molecular formula is C25H36FN5O3. The quantitative estimate of drug-likeness (QED) is 0.547. The van der Waals surface area contributed by atoms with Crippen LogP contribution in [0.4, 0.5) is 4.39 Å². The van der Waals surface area contributed by atoms with Crippen molar-refractivity contribution in [1.82, 2.24) is 25.3 Å². The second-order valence-electron chi connectivity index (χ2n) is 10.3. The highest BCUT2D eigenvalue weighted by Crippen LogP contribution is 2.25. The van der Waals surface area contributed by atoms with Crippen LogP contribution in [-0.4, -0.2) is 58.6 Å². The molecule has 0 aliphatic carbocycles. The Morgan fingerprint density at radius 3 is 2.62 bits per heavy atom. The number of benzene rings is 1. The molecule has 2 atom stereocenters. The van der Waals surface area contributed by atoms with E-state index in [9.17, 15) is 18.8 Å². The molecule has 2 heterocycles. The number of rotatable bonds is 9. The molecule has 8 nitrogen and oxygen atoms in total. The minimum Gasteiger partial charge on any atom is -0.354 e. The monoisotopic (exact) mass is 473 g/mol. The third-order valence-corrected chi connectivity index (χ3v) is 6.30. The summed E-state index contributed by atoms with van der Waals surface area (Å²) >= 11 is 0. The molecule has 0 saturated carbocycles. The summed E-state index contributed by atoms with van der Waals surface area (Å²) in [4.78, 5) is 39.8. The third-order valence-electron chi connectivity index (χ3n) is 6.30. The number of fused-ring (bicyclic) bond motifs is 1. The number of hydrogen-bond acceptors (Lipinski definition) is 4. The summed E-state index contributed by atoms with van der Waals surface area (Å²) in [6, 6.07) is 3.76. The zero-order valence-electron chi connectivity index (χ0n) is 20.8. The second-order valence-corrected chi connectivity index (χ2v) is 10.3. The van der Waals surface area contributed by atoms with E-state index in [1.807, 2.05) is 20.8 Å². The summed E-state index contributed by atoms with van der Waals surface area (Å²) in [6.07, 6.45) is 3.22. The molecule has 2 unspecified atom stereocenters. The summed E-state index contributed by atoms with van der Waals surface area (Å²) in [7, 11) is 1.75. The number of carbonyl (C=O) groups excluding carboxylic acids is 3. The van der Waals surface area contributed by atoms with Gasteiger partial charge in [0, 0.05) is 44.4 Å². The van der Waals surface area contributed by atoms with E-state index in [4.69, 9.17) is 0 Å². The van der Waals surface area contributed by atoms with E-state index >= 15 is 0 Å². The van der Waals surface area contributed by atoms with Gasteiger partial charge in [0.2, 0.25) is 11.8 Å². The molecule has 3 amide bonds. The topological polar surface area (TPSA) is 96.3 Å². The van der Waals surface area contributed by atoms with Crippen LogP contribution in [-0.2, 0) is 16.1 Å². The molecule has 1 aliphatic heterocycles. The Labute approximate surface area is 200 Å². The molecule has 34 heavy (non-hydrogen) atoms. The summed E-state index contributed by atoms with van der Waals surface area (Å²) in [5, 5.41) is 10.6. The van der Waals surface area contributed by atoms with Crippen LogP contribution in [0.2, 0.25) is 0 Å². The number of amides is 3. The zero-order valence-corrected chi connectivity index (χ0v) is 20.8.